The second-order valence-electron chi connectivity index (χ2n) is 8.50. The molecule has 2 aliphatic rings. The molecule has 6 nitrogen and oxygen atoms in total. The molecule has 1 aromatic heterocycles. The number of anilines is 1. The van der Waals surface area contributed by atoms with E-state index in [1.165, 1.54) is 6.07 Å². The SMILES string of the molecule is CC(C)CC(C(=O)Nc1nc(-c2ccc(F)c(F)c2)cs1)N1C(=O)C2CC=CCC2C1=O. The van der Waals surface area contributed by atoms with Crippen molar-refractivity contribution >= 4 is 34.2 Å². The van der Waals surface area contributed by atoms with Crippen molar-refractivity contribution in [3.8, 4) is 11.3 Å². The van der Waals surface area contributed by atoms with Crippen molar-refractivity contribution in [1.82, 2.24) is 9.88 Å². The number of allylic oxidation sites excluding steroid dienone is 2. The van der Waals surface area contributed by atoms with Gasteiger partial charge in [0.05, 0.1) is 17.5 Å². The normalized spacial score (nSPS) is 21.2. The summed E-state index contributed by atoms with van der Waals surface area (Å²) in [4.78, 5) is 44.6. The van der Waals surface area contributed by atoms with Crippen LogP contribution in [0.3, 0.4) is 0 Å². The number of hydrogen-bond acceptors (Lipinski definition) is 5. The first-order valence-corrected chi connectivity index (χ1v) is 11.4. The van der Waals surface area contributed by atoms with Crippen LogP contribution in [0.4, 0.5) is 13.9 Å². The first-order valence-electron chi connectivity index (χ1n) is 10.5. The third-order valence-corrected chi connectivity index (χ3v) is 6.56. The van der Waals surface area contributed by atoms with E-state index in [2.05, 4.69) is 10.3 Å². The van der Waals surface area contributed by atoms with Crippen molar-refractivity contribution in [3.63, 3.8) is 0 Å². The molecule has 1 N–H and O–H groups in total. The molecule has 1 aliphatic carbocycles. The summed E-state index contributed by atoms with van der Waals surface area (Å²) in [5.41, 5.74) is 0.760. The summed E-state index contributed by atoms with van der Waals surface area (Å²) in [7, 11) is 0. The summed E-state index contributed by atoms with van der Waals surface area (Å²) < 4.78 is 26.7. The average molecular weight is 460 g/mol. The van der Waals surface area contributed by atoms with Crippen LogP contribution in [-0.2, 0) is 14.4 Å². The lowest BCUT2D eigenvalue weighted by atomic mass is 9.85. The topological polar surface area (TPSA) is 79.4 Å². The molecule has 0 bridgehead atoms. The molecular formula is C23H23F2N3O3S. The first-order chi connectivity index (χ1) is 15.3. The van der Waals surface area contributed by atoms with Gasteiger partial charge in [0, 0.05) is 10.9 Å². The van der Waals surface area contributed by atoms with Gasteiger partial charge in [0.1, 0.15) is 6.04 Å². The standard InChI is InChI=1S/C23H23F2N3O3S/c1-12(2)9-19(28-21(30)14-5-3-4-6-15(14)22(28)31)20(29)27-23-26-18(11-32-23)13-7-8-16(24)17(25)10-13/h3-4,7-8,10-12,14-15,19H,5-6,9H2,1-2H3,(H,26,27,29). The van der Waals surface area contributed by atoms with Crippen molar-refractivity contribution in [3.05, 3.63) is 47.4 Å². The predicted octanol–water partition coefficient (Wildman–Crippen LogP) is 4.39. The fourth-order valence-electron chi connectivity index (χ4n) is 4.22. The number of carbonyl (C=O) groups is 3. The number of rotatable bonds is 6. The highest BCUT2D eigenvalue weighted by Gasteiger charge is 2.51. The number of amides is 3. The van der Waals surface area contributed by atoms with Gasteiger partial charge in [-0.1, -0.05) is 26.0 Å². The molecule has 168 valence electrons. The van der Waals surface area contributed by atoms with Crippen molar-refractivity contribution in [2.24, 2.45) is 17.8 Å². The number of halogens is 2. The number of hydrogen-bond donors (Lipinski definition) is 1. The minimum Gasteiger partial charge on any atom is -0.300 e. The quantitative estimate of drug-likeness (QED) is 0.513. The number of aromatic nitrogens is 1. The molecule has 0 saturated carbocycles. The second-order valence-corrected chi connectivity index (χ2v) is 9.36. The number of nitrogens with zero attached hydrogens (tertiary/aromatic N) is 2. The van der Waals surface area contributed by atoms with Gasteiger partial charge in [-0.2, -0.15) is 0 Å². The van der Waals surface area contributed by atoms with E-state index in [4.69, 9.17) is 0 Å². The molecule has 0 spiro atoms. The Morgan fingerprint density at radius 1 is 1.16 bits per heavy atom. The van der Waals surface area contributed by atoms with Gasteiger partial charge in [-0.05, 0) is 43.4 Å². The molecule has 3 atom stereocenters. The maximum Gasteiger partial charge on any atom is 0.249 e. The van der Waals surface area contributed by atoms with Gasteiger partial charge in [-0.3, -0.25) is 19.3 Å². The Labute approximate surface area is 188 Å². The van der Waals surface area contributed by atoms with E-state index < -0.39 is 35.4 Å². The van der Waals surface area contributed by atoms with Crippen LogP contribution in [0, 0.1) is 29.4 Å². The van der Waals surface area contributed by atoms with E-state index in [1.54, 1.807) is 5.38 Å². The van der Waals surface area contributed by atoms with E-state index in [1.807, 2.05) is 26.0 Å². The van der Waals surface area contributed by atoms with Crippen LogP contribution >= 0.6 is 11.3 Å². The van der Waals surface area contributed by atoms with Crippen molar-refractivity contribution in [2.75, 3.05) is 5.32 Å². The van der Waals surface area contributed by atoms with E-state index in [-0.39, 0.29) is 22.9 Å². The Morgan fingerprint density at radius 3 is 2.41 bits per heavy atom. The Kier molecular flexibility index (Phi) is 6.19. The van der Waals surface area contributed by atoms with Gasteiger partial charge in [0.2, 0.25) is 17.7 Å². The van der Waals surface area contributed by atoms with Crippen LogP contribution in [0.2, 0.25) is 0 Å². The zero-order chi connectivity index (χ0) is 23.0. The van der Waals surface area contributed by atoms with Crippen LogP contribution in [0.1, 0.15) is 33.1 Å². The van der Waals surface area contributed by atoms with Gasteiger partial charge < -0.3 is 5.32 Å². The van der Waals surface area contributed by atoms with Crippen molar-refractivity contribution in [1.29, 1.82) is 0 Å². The molecule has 2 aromatic rings. The van der Waals surface area contributed by atoms with Crippen molar-refractivity contribution in [2.45, 2.75) is 39.2 Å². The lowest BCUT2D eigenvalue weighted by Crippen LogP contribution is -2.48. The molecule has 4 rings (SSSR count). The fourth-order valence-corrected chi connectivity index (χ4v) is 4.94. The molecule has 3 unspecified atom stereocenters. The van der Waals surface area contributed by atoms with E-state index in [0.717, 1.165) is 28.4 Å². The van der Waals surface area contributed by atoms with Crippen LogP contribution in [0.5, 0.6) is 0 Å². The smallest absolute Gasteiger partial charge is 0.249 e. The minimum atomic E-state index is -0.986. The van der Waals surface area contributed by atoms with E-state index in [9.17, 15) is 23.2 Å². The summed E-state index contributed by atoms with van der Waals surface area (Å²) in [6.45, 7) is 3.84. The highest BCUT2D eigenvalue weighted by Crippen LogP contribution is 2.37. The van der Waals surface area contributed by atoms with Gasteiger partial charge in [-0.15, -0.1) is 11.3 Å². The van der Waals surface area contributed by atoms with Gasteiger partial charge in [-0.25, -0.2) is 13.8 Å². The fraction of sp³-hybridized carbons (Fsp3) is 0.391. The number of carbonyl (C=O) groups excluding carboxylic acids is 3. The summed E-state index contributed by atoms with van der Waals surface area (Å²) >= 11 is 1.13. The molecular weight excluding hydrogens is 436 g/mol. The average Bonchev–Trinajstić information content (AvgIpc) is 3.32. The monoisotopic (exact) mass is 459 g/mol. The number of thiazole rings is 1. The van der Waals surface area contributed by atoms with Gasteiger partial charge in [0.25, 0.3) is 0 Å². The first kappa shape index (κ1) is 22.3. The molecule has 3 amide bonds. The zero-order valence-electron chi connectivity index (χ0n) is 17.7. The molecule has 1 aromatic carbocycles. The van der Waals surface area contributed by atoms with E-state index in [0.29, 0.717) is 30.5 Å². The van der Waals surface area contributed by atoms with Crippen LogP contribution < -0.4 is 5.32 Å². The Morgan fingerprint density at radius 2 is 1.81 bits per heavy atom. The van der Waals surface area contributed by atoms with Gasteiger partial charge >= 0.3 is 0 Å². The zero-order valence-corrected chi connectivity index (χ0v) is 18.5. The number of benzene rings is 1. The molecule has 0 radical (unpaired) electrons. The number of fused-ring (bicyclic) bond motifs is 1. The number of imide groups is 1. The largest absolute Gasteiger partial charge is 0.300 e. The van der Waals surface area contributed by atoms with Crippen molar-refractivity contribution < 1.29 is 23.2 Å². The van der Waals surface area contributed by atoms with E-state index >= 15 is 0 Å². The third kappa shape index (κ3) is 4.21. The summed E-state index contributed by atoms with van der Waals surface area (Å²) in [6.07, 6.45) is 5.15. The Bertz CT molecular complexity index is 1070. The van der Waals surface area contributed by atoms with Crippen LogP contribution in [0.25, 0.3) is 11.3 Å². The number of likely N-dealkylation sites (tertiary alicyclic amines) is 1. The summed E-state index contributed by atoms with van der Waals surface area (Å²) in [6, 6.07) is 2.52. The highest BCUT2D eigenvalue weighted by molar-refractivity contribution is 7.14. The Balaban J connectivity index is 1.54. The molecule has 32 heavy (non-hydrogen) atoms. The lowest BCUT2D eigenvalue weighted by molar-refractivity contribution is -0.147. The molecule has 1 aliphatic heterocycles. The maximum atomic E-state index is 13.5. The summed E-state index contributed by atoms with van der Waals surface area (Å²) in [5, 5.41) is 4.57. The molecule has 2 heterocycles. The third-order valence-electron chi connectivity index (χ3n) is 5.80. The lowest BCUT2D eigenvalue weighted by Gasteiger charge is -2.27. The molecule has 9 heteroatoms. The highest BCUT2D eigenvalue weighted by atomic mass is 32.1. The second kappa shape index (κ2) is 8.90. The van der Waals surface area contributed by atoms with Gasteiger partial charge in [0.15, 0.2) is 16.8 Å². The van der Waals surface area contributed by atoms with Crippen LogP contribution in [0.15, 0.2) is 35.7 Å². The maximum absolute atomic E-state index is 13.5. The molecule has 1 fully saturated rings. The summed E-state index contributed by atoms with van der Waals surface area (Å²) in [5.74, 6) is -3.77. The minimum absolute atomic E-state index is 0.0705. The predicted molar refractivity (Wildman–Crippen MR) is 117 cm³/mol. The molecule has 1 saturated heterocycles. The number of nitrogens with one attached hydrogen (secondary N) is 1. The Hall–Kier alpha value is -2.94. The van der Waals surface area contributed by atoms with Crippen LogP contribution in [-0.4, -0.2) is 33.6 Å².